The molecule has 0 aliphatic carbocycles. The molecule has 6 nitrogen and oxygen atoms in total. The Morgan fingerprint density at radius 2 is 2.05 bits per heavy atom. The van der Waals surface area contributed by atoms with Gasteiger partial charge in [-0.25, -0.2) is 9.78 Å². The summed E-state index contributed by atoms with van der Waals surface area (Å²) in [4.78, 5) is 29.1. The molecule has 19 heavy (non-hydrogen) atoms. The van der Waals surface area contributed by atoms with Gasteiger partial charge >= 0.3 is 5.97 Å². The second-order valence-electron chi connectivity index (χ2n) is 3.64. The molecule has 0 saturated carbocycles. The van der Waals surface area contributed by atoms with Crippen LogP contribution in [0.2, 0.25) is 0 Å². The number of hydrogen-bond acceptors (Lipinski definition) is 4. The number of aromatic amines is 1. The second-order valence-corrected chi connectivity index (χ2v) is 3.64. The topological polar surface area (TPSA) is 107 Å². The number of benzene rings is 1. The summed E-state index contributed by atoms with van der Waals surface area (Å²) in [6, 6.07) is 7.15. The largest absolute Gasteiger partial charge is 0.478 e. The van der Waals surface area contributed by atoms with Crippen LogP contribution in [-0.4, -0.2) is 32.7 Å². The third kappa shape index (κ3) is 2.65. The van der Waals surface area contributed by atoms with Gasteiger partial charge in [0.05, 0.1) is 11.0 Å². The first-order chi connectivity index (χ1) is 9.11. The van der Waals surface area contributed by atoms with Crippen LogP contribution in [0.5, 0.6) is 0 Å². The van der Waals surface area contributed by atoms with Gasteiger partial charge in [0, 0.05) is 6.08 Å². The highest BCUT2D eigenvalue weighted by molar-refractivity contribution is 6.33. The van der Waals surface area contributed by atoms with Crippen molar-refractivity contribution < 1.29 is 14.7 Å². The number of fused-ring (bicyclic) bond motifs is 1. The number of aliphatic carboxylic acids is 1. The molecule has 0 fully saturated rings. The van der Waals surface area contributed by atoms with Gasteiger partial charge in [-0.15, -0.1) is 0 Å². The molecule has 0 bridgehead atoms. The van der Waals surface area contributed by atoms with Crippen molar-refractivity contribution >= 4 is 34.2 Å². The molecule has 1 aromatic heterocycles. The van der Waals surface area contributed by atoms with Gasteiger partial charge in [-0.05, 0) is 24.1 Å². The summed E-state index contributed by atoms with van der Waals surface area (Å²) in [7, 11) is 0. The van der Waals surface area contributed by atoms with Gasteiger partial charge in [-0.2, -0.15) is 0 Å². The van der Waals surface area contributed by atoms with Crippen molar-refractivity contribution in [2.45, 2.75) is 0 Å². The first-order valence-corrected chi connectivity index (χ1v) is 5.32. The molecular weight excluding hydrogens is 246 g/mol. The maximum absolute atomic E-state index is 11.7. The molecule has 0 radical (unpaired) electrons. The van der Waals surface area contributed by atoms with Crippen LogP contribution in [0.4, 0.5) is 0 Å². The Kier molecular flexibility index (Phi) is 3.36. The number of para-hydroxylation sites is 2. The summed E-state index contributed by atoms with van der Waals surface area (Å²) in [6.07, 6.45) is 1.58. The normalized spacial score (nSPS) is 10.5. The molecular formula is C13H9N3O3. The van der Waals surface area contributed by atoms with Crippen molar-refractivity contribution in [3.63, 3.8) is 0 Å². The van der Waals surface area contributed by atoms with Crippen LogP contribution in [0.15, 0.2) is 36.4 Å². The van der Waals surface area contributed by atoms with Crippen molar-refractivity contribution in [2.24, 2.45) is 0 Å². The zero-order valence-corrected chi connectivity index (χ0v) is 9.68. The molecule has 94 valence electrons. The van der Waals surface area contributed by atoms with Crippen LogP contribution >= 0.6 is 0 Å². The number of hydrogen-bond donors (Lipinski definition) is 3. The van der Waals surface area contributed by atoms with Crippen LogP contribution in [0, 0.1) is 5.41 Å². The van der Waals surface area contributed by atoms with Crippen LogP contribution in [0.1, 0.15) is 5.82 Å². The van der Waals surface area contributed by atoms with Gasteiger partial charge < -0.3 is 10.1 Å². The lowest BCUT2D eigenvalue weighted by molar-refractivity contribution is -0.131. The minimum Gasteiger partial charge on any atom is -0.478 e. The molecule has 1 heterocycles. The SMILES string of the molecule is N=C=C(C(=O)/C=C/C(=O)O)c1nc2ccccc2[nH]1. The van der Waals surface area contributed by atoms with Crippen LogP contribution in [0.25, 0.3) is 16.6 Å². The summed E-state index contributed by atoms with van der Waals surface area (Å²) in [5, 5.41) is 15.6. The number of nitrogens with one attached hydrogen (secondary N) is 2. The highest BCUT2D eigenvalue weighted by Crippen LogP contribution is 2.16. The minimum atomic E-state index is -1.23. The fraction of sp³-hybridized carbons (Fsp3) is 0. The molecule has 2 aromatic rings. The Hall–Kier alpha value is -2.98. The zero-order chi connectivity index (χ0) is 13.8. The maximum Gasteiger partial charge on any atom is 0.328 e. The lowest BCUT2D eigenvalue weighted by atomic mass is 10.1. The number of allylic oxidation sites excluding steroid dienone is 2. The molecule has 2 rings (SSSR count). The number of carboxylic acid groups (broad SMARTS) is 1. The smallest absolute Gasteiger partial charge is 0.328 e. The van der Waals surface area contributed by atoms with Crippen molar-refractivity contribution in [1.82, 2.24) is 9.97 Å². The van der Waals surface area contributed by atoms with E-state index < -0.39 is 11.8 Å². The fourth-order valence-corrected chi connectivity index (χ4v) is 1.54. The maximum atomic E-state index is 11.7. The third-order valence-corrected chi connectivity index (χ3v) is 2.37. The Morgan fingerprint density at radius 3 is 2.68 bits per heavy atom. The minimum absolute atomic E-state index is 0.117. The van der Waals surface area contributed by atoms with E-state index in [1.54, 1.807) is 18.2 Å². The lowest BCUT2D eigenvalue weighted by Crippen LogP contribution is -2.02. The molecule has 0 saturated heterocycles. The molecule has 0 aliphatic heterocycles. The van der Waals surface area contributed by atoms with E-state index in [1.165, 1.54) is 0 Å². The van der Waals surface area contributed by atoms with E-state index in [0.717, 1.165) is 11.6 Å². The molecule has 6 heteroatoms. The summed E-state index contributed by atoms with van der Waals surface area (Å²) < 4.78 is 0. The number of H-pyrrole nitrogens is 1. The average molecular weight is 255 g/mol. The van der Waals surface area contributed by atoms with E-state index in [1.807, 2.05) is 11.9 Å². The van der Waals surface area contributed by atoms with Gasteiger partial charge in [0.2, 0.25) is 0 Å². The standard InChI is InChI=1S/C13H9N3O3/c14-7-8(11(17)5-6-12(18)19)13-15-9-3-1-2-4-10(9)16-13/h1-6,14H,(H,15,16)(H,18,19)/b6-5+. The van der Waals surface area contributed by atoms with Crippen LogP contribution < -0.4 is 0 Å². The molecule has 1 aromatic carbocycles. The number of nitrogens with zero attached hydrogens (tertiary/aromatic N) is 1. The van der Waals surface area contributed by atoms with Gasteiger partial charge in [-0.3, -0.25) is 10.2 Å². The van der Waals surface area contributed by atoms with E-state index in [2.05, 4.69) is 9.97 Å². The Morgan fingerprint density at radius 1 is 1.32 bits per heavy atom. The first kappa shape index (κ1) is 12.5. The number of rotatable bonds is 4. The quantitative estimate of drug-likeness (QED) is 0.567. The van der Waals surface area contributed by atoms with Crippen molar-refractivity contribution in [3.05, 3.63) is 42.2 Å². The number of imidazole rings is 1. The van der Waals surface area contributed by atoms with Gasteiger partial charge in [0.25, 0.3) is 0 Å². The number of carbonyl (C=O) groups excluding carboxylic acids is 1. The fourth-order valence-electron chi connectivity index (χ4n) is 1.54. The molecule has 0 aliphatic rings. The van der Waals surface area contributed by atoms with Crippen molar-refractivity contribution in [1.29, 1.82) is 5.41 Å². The van der Waals surface area contributed by atoms with Gasteiger partial charge in [0.15, 0.2) is 11.6 Å². The number of aromatic nitrogens is 2. The van der Waals surface area contributed by atoms with Crippen molar-refractivity contribution in [3.8, 4) is 0 Å². The highest BCUT2D eigenvalue weighted by Gasteiger charge is 2.14. The predicted molar refractivity (Wildman–Crippen MR) is 69.0 cm³/mol. The average Bonchev–Trinajstić information content (AvgIpc) is 2.80. The summed E-state index contributed by atoms with van der Waals surface area (Å²) in [5.41, 5.74) is 1.26. The van der Waals surface area contributed by atoms with E-state index in [-0.39, 0.29) is 11.4 Å². The van der Waals surface area contributed by atoms with E-state index in [4.69, 9.17) is 10.5 Å². The molecule has 0 atom stereocenters. The number of carbonyl (C=O) groups is 2. The van der Waals surface area contributed by atoms with Gasteiger partial charge in [-0.1, -0.05) is 12.1 Å². The molecule has 3 N–H and O–H groups in total. The van der Waals surface area contributed by atoms with Gasteiger partial charge in [0.1, 0.15) is 5.57 Å². The first-order valence-electron chi connectivity index (χ1n) is 5.32. The Labute approximate surface area is 107 Å². The van der Waals surface area contributed by atoms with Crippen LogP contribution in [0.3, 0.4) is 0 Å². The summed E-state index contributed by atoms with van der Waals surface area (Å²) in [6.45, 7) is 0. The van der Waals surface area contributed by atoms with Crippen LogP contribution in [-0.2, 0) is 9.59 Å². The third-order valence-electron chi connectivity index (χ3n) is 2.37. The molecule has 0 amide bonds. The Bertz CT molecular complexity index is 703. The van der Waals surface area contributed by atoms with Crippen molar-refractivity contribution in [2.75, 3.05) is 0 Å². The highest BCUT2D eigenvalue weighted by atomic mass is 16.4. The summed E-state index contributed by atoms with van der Waals surface area (Å²) in [5.74, 6) is 0.297. The molecule has 0 spiro atoms. The Balaban J connectivity index is 2.40. The predicted octanol–water partition coefficient (Wildman–Crippen LogP) is 1.40. The second kappa shape index (κ2) is 5.12. The van der Waals surface area contributed by atoms with E-state index in [9.17, 15) is 9.59 Å². The van der Waals surface area contributed by atoms with E-state index in [0.29, 0.717) is 11.6 Å². The monoisotopic (exact) mass is 255 g/mol. The zero-order valence-electron chi connectivity index (χ0n) is 9.68. The number of ketones is 1. The summed E-state index contributed by atoms with van der Waals surface area (Å²) >= 11 is 0. The lowest BCUT2D eigenvalue weighted by Gasteiger charge is -1.93. The van der Waals surface area contributed by atoms with E-state index >= 15 is 0 Å². The number of carboxylic acids is 1. The molecule has 0 unspecified atom stereocenters.